The lowest BCUT2D eigenvalue weighted by molar-refractivity contribution is 1.14. The molecule has 0 aliphatic carbocycles. The number of hydrogen-bond acceptors (Lipinski definition) is 1. The van der Waals surface area contributed by atoms with Crippen molar-refractivity contribution in [1.29, 1.82) is 0 Å². The van der Waals surface area contributed by atoms with Crippen LogP contribution in [-0.4, -0.2) is 39.9 Å². The van der Waals surface area contributed by atoms with Crippen LogP contribution in [0.2, 0.25) is 0 Å². The monoisotopic (exact) mass is 1470 g/mol. The molecule has 0 saturated heterocycles. The van der Waals surface area contributed by atoms with Gasteiger partial charge in [-0.2, -0.15) is 4.99 Å². The summed E-state index contributed by atoms with van der Waals surface area (Å²) in [4.78, 5) is 19.7. The summed E-state index contributed by atoms with van der Waals surface area (Å²) in [6.45, 7) is 7.40. The minimum absolute atomic E-state index is 0.445. The molecular weight excluding hydrogens is 1400 g/mol. The molecule has 0 fully saturated rings. The number of benzene rings is 17. The maximum absolute atomic E-state index is 6.14. The van der Waals surface area contributed by atoms with Crippen molar-refractivity contribution >= 4 is 148 Å². The maximum Gasteiger partial charge on any atom is 0.236 e. The number of rotatable bonds is 11. The minimum Gasteiger partial charge on any atom is -0.355 e. The molecule has 0 atom stereocenters. The SMILES string of the molecule is C=C(N=C(N=C(C)c1c(-c2ccccc2)cccc1-c1ccccc1)n1c2cc(-c3ccc4[nH]c5ccccc5c4c3)ccc2c2ccc(-c3ccc4[nH]c5ccccc5c4c3)cc21)n1c2cc(-c3ccc4c(c3)c3ccccc3n4-c3ccccc3)ccc2c2ccc(-c3ccc4c(c3)c3ccccc3n4-c3ccccc3)cc21. The van der Waals surface area contributed by atoms with Crippen LogP contribution in [0.25, 0.3) is 215 Å². The first-order valence-electron chi connectivity index (χ1n) is 39.3. The van der Waals surface area contributed by atoms with Crippen molar-refractivity contribution in [3.8, 4) is 78.1 Å². The van der Waals surface area contributed by atoms with Gasteiger partial charge in [0.05, 0.1) is 44.1 Å². The standard InChI is InChI=1S/C107H70N8/c1-66(106-80(68-24-7-3-8-25-68)36-23-37-81(106)69-26-9-4-10-27-69)108-107(115-104-64-76(70-46-54-96-90(58-70)82-32-15-19-38-94(82)110-96)44-52-88(104)89-53-45-77(65-105(89)115)71-47-55-97-91(59-71)83-33-16-20-39-95(83)111-97)109-67(2)112-102-62-74(72-48-56-100-92(60-72)84-34-17-21-40-98(84)113(100)78-28-11-5-12-29-78)42-50-86(102)87-51-43-75(63-103(87)112)73-49-57-101-93(61-73)85-35-18-22-41-99(85)114(101)79-30-13-6-14-31-79/h3-65,110-111H,2H2,1H3. The van der Waals surface area contributed by atoms with Crippen molar-refractivity contribution in [2.75, 3.05) is 0 Å². The number of aliphatic imine (C=N–C) groups is 2. The average molecular weight is 1470 g/mol. The molecule has 6 aromatic heterocycles. The van der Waals surface area contributed by atoms with Crippen molar-refractivity contribution in [3.63, 3.8) is 0 Å². The average Bonchev–Trinajstić information content (AvgIpc) is 1.56. The Morgan fingerprint density at radius 1 is 0.235 bits per heavy atom. The smallest absolute Gasteiger partial charge is 0.236 e. The molecule has 0 aliphatic heterocycles. The van der Waals surface area contributed by atoms with Gasteiger partial charge in [-0.25, -0.2) is 4.99 Å². The molecule has 0 bridgehead atoms. The number of aromatic nitrogens is 6. The van der Waals surface area contributed by atoms with Gasteiger partial charge in [-0.15, -0.1) is 0 Å². The zero-order valence-corrected chi connectivity index (χ0v) is 62.8. The first-order valence-corrected chi connectivity index (χ1v) is 39.3. The van der Waals surface area contributed by atoms with E-state index in [9.17, 15) is 0 Å². The third-order valence-corrected chi connectivity index (χ3v) is 23.8. The molecule has 23 aromatic rings. The van der Waals surface area contributed by atoms with Gasteiger partial charge >= 0.3 is 0 Å². The van der Waals surface area contributed by atoms with Gasteiger partial charge in [0.1, 0.15) is 5.82 Å². The quantitative estimate of drug-likeness (QED) is 0.0956. The van der Waals surface area contributed by atoms with E-state index >= 15 is 0 Å². The molecule has 6 heterocycles. The molecule has 0 amide bonds. The summed E-state index contributed by atoms with van der Waals surface area (Å²) in [7, 11) is 0. The zero-order valence-electron chi connectivity index (χ0n) is 62.8. The summed E-state index contributed by atoms with van der Waals surface area (Å²) in [5.41, 5.74) is 29.7. The Bertz CT molecular complexity index is 7590. The summed E-state index contributed by atoms with van der Waals surface area (Å²) in [5.74, 6) is 0.931. The lowest BCUT2D eigenvalue weighted by Crippen LogP contribution is -2.14. The fraction of sp³-hybridized carbons (Fsp3) is 0.00935. The number of H-pyrrole nitrogens is 2. The zero-order chi connectivity index (χ0) is 75.9. The lowest BCUT2D eigenvalue weighted by Gasteiger charge is -2.17. The highest BCUT2D eigenvalue weighted by Crippen LogP contribution is 2.45. The molecular formula is C107H70N8. The van der Waals surface area contributed by atoms with Gasteiger partial charge in [0, 0.05) is 109 Å². The van der Waals surface area contributed by atoms with E-state index in [0.717, 1.165) is 177 Å². The highest BCUT2D eigenvalue weighted by Gasteiger charge is 2.25. The molecule has 8 nitrogen and oxygen atoms in total. The number of nitrogens with one attached hydrogen (secondary N) is 2. The van der Waals surface area contributed by atoms with Gasteiger partial charge < -0.3 is 19.1 Å². The van der Waals surface area contributed by atoms with Crippen LogP contribution in [0.15, 0.2) is 399 Å². The molecule has 0 saturated carbocycles. The second-order valence-corrected chi connectivity index (χ2v) is 30.3. The van der Waals surface area contributed by atoms with Crippen LogP contribution in [0.3, 0.4) is 0 Å². The first kappa shape index (κ1) is 65.5. The lowest BCUT2D eigenvalue weighted by atomic mass is 9.89. The van der Waals surface area contributed by atoms with Crippen molar-refractivity contribution in [2.45, 2.75) is 6.92 Å². The van der Waals surface area contributed by atoms with E-state index in [1.165, 1.54) is 43.1 Å². The van der Waals surface area contributed by atoms with Crippen molar-refractivity contribution in [2.24, 2.45) is 9.98 Å². The molecule has 23 rings (SSSR count). The molecule has 0 spiro atoms. The van der Waals surface area contributed by atoms with E-state index in [1.54, 1.807) is 0 Å². The van der Waals surface area contributed by atoms with Crippen LogP contribution in [0, 0.1) is 0 Å². The molecule has 8 heteroatoms. The number of nitrogens with zero attached hydrogens (tertiary/aromatic N) is 6. The van der Waals surface area contributed by atoms with Gasteiger partial charge in [-0.3, -0.25) is 9.13 Å². The van der Waals surface area contributed by atoms with E-state index in [4.69, 9.17) is 16.6 Å². The fourth-order valence-electron chi connectivity index (χ4n) is 18.5. The molecule has 0 unspecified atom stereocenters. The second-order valence-electron chi connectivity index (χ2n) is 30.3. The topological polar surface area (TPSA) is 76.0 Å². The normalized spacial score (nSPS) is 12.4. The fourth-order valence-corrected chi connectivity index (χ4v) is 18.5. The van der Waals surface area contributed by atoms with Gasteiger partial charge in [0.25, 0.3) is 0 Å². The van der Waals surface area contributed by atoms with E-state index in [-0.39, 0.29) is 0 Å². The first-order chi connectivity index (χ1) is 56.8. The van der Waals surface area contributed by atoms with Crippen molar-refractivity contribution < 1.29 is 0 Å². The summed E-state index contributed by atoms with van der Waals surface area (Å²) >= 11 is 0. The highest BCUT2D eigenvalue weighted by atomic mass is 15.2. The van der Waals surface area contributed by atoms with Crippen LogP contribution in [0.4, 0.5) is 0 Å². The molecule has 2 N–H and O–H groups in total. The number of para-hydroxylation sites is 6. The molecule has 0 aliphatic rings. The van der Waals surface area contributed by atoms with Crippen molar-refractivity contribution in [1.82, 2.24) is 28.2 Å². The van der Waals surface area contributed by atoms with Crippen LogP contribution < -0.4 is 0 Å². The Hall–Kier alpha value is -15.4. The predicted molar refractivity (Wildman–Crippen MR) is 486 cm³/mol. The Morgan fingerprint density at radius 3 is 0.974 bits per heavy atom. The largest absolute Gasteiger partial charge is 0.355 e. The summed E-state index contributed by atoms with van der Waals surface area (Å²) in [6.07, 6.45) is 0. The molecule has 538 valence electrons. The second kappa shape index (κ2) is 26.1. The van der Waals surface area contributed by atoms with Gasteiger partial charge in [-0.1, -0.05) is 267 Å². The summed E-state index contributed by atoms with van der Waals surface area (Å²) in [6, 6.07) is 139. The van der Waals surface area contributed by atoms with E-state index < -0.39 is 0 Å². The van der Waals surface area contributed by atoms with E-state index in [2.05, 4.69) is 417 Å². The Morgan fingerprint density at radius 2 is 0.548 bits per heavy atom. The van der Waals surface area contributed by atoms with Gasteiger partial charge in [0.2, 0.25) is 5.96 Å². The van der Waals surface area contributed by atoms with Gasteiger partial charge in [-0.05, 0) is 195 Å². The highest BCUT2D eigenvalue weighted by molar-refractivity contribution is 6.22. The third kappa shape index (κ3) is 10.6. The van der Waals surface area contributed by atoms with Crippen LogP contribution in [0.5, 0.6) is 0 Å². The summed E-state index contributed by atoms with van der Waals surface area (Å²) in [5, 5.41) is 13.7. The van der Waals surface area contributed by atoms with E-state index in [1.807, 2.05) is 0 Å². The number of fused-ring (bicyclic) bond motifs is 18. The number of hydrogen-bond donors (Lipinski definition) is 2. The maximum atomic E-state index is 6.14. The van der Waals surface area contributed by atoms with E-state index in [0.29, 0.717) is 11.8 Å². The Kier molecular flexibility index (Phi) is 14.9. The Labute approximate surface area is 661 Å². The van der Waals surface area contributed by atoms with Crippen molar-refractivity contribution in [3.05, 3.63) is 394 Å². The summed E-state index contributed by atoms with van der Waals surface area (Å²) < 4.78 is 9.38. The van der Waals surface area contributed by atoms with Crippen LogP contribution in [0.1, 0.15) is 12.5 Å². The minimum atomic E-state index is 0.445. The van der Waals surface area contributed by atoms with Crippen LogP contribution in [-0.2, 0) is 0 Å². The Balaban J connectivity index is 0.798. The molecule has 115 heavy (non-hydrogen) atoms. The van der Waals surface area contributed by atoms with Crippen LogP contribution >= 0.6 is 0 Å². The van der Waals surface area contributed by atoms with Gasteiger partial charge in [0.15, 0.2) is 0 Å². The predicted octanol–water partition coefficient (Wildman–Crippen LogP) is 28.2. The third-order valence-electron chi connectivity index (χ3n) is 23.8. The number of aromatic amines is 2. The molecule has 0 radical (unpaired) electrons. The molecule has 17 aromatic carbocycles.